The number of piperidine rings is 1. The Balaban J connectivity index is 2.07. The van der Waals surface area contributed by atoms with Crippen LogP contribution in [0.1, 0.15) is 37.6 Å². The Labute approximate surface area is 189 Å². The lowest BCUT2D eigenvalue weighted by atomic mass is 9.90. The van der Waals surface area contributed by atoms with E-state index in [9.17, 15) is 27.6 Å². The van der Waals surface area contributed by atoms with Gasteiger partial charge in [0.1, 0.15) is 12.4 Å². The van der Waals surface area contributed by atoms with Gasteiger partial charge in [-0.2, -0.15) is 18.7 Å². The molecule has 1 heterocycles. The van der Waals surface area contributed by atoms with Gasteiger partial charge in [-0.1, -0.05) is 5.92 Å². The summed E-state index contributed by atoms with van der Waals surface area (Å²) < 4.78 is 42.4. The zero-order valence-corrected chi connectivity index (χ0v) is 18.5. The standard InChI is InChI=1S/C22H26F3N3O5/c1-4-5-12-32-16-8-6-15(7-9-16)19(29)26-18-13-28(14(2)3)11-10-17(18)20(30)27-33-21(31)22(23,24)25/h6-9,14,17-18H,10-13H2,1-3H3,(H,26,29)(H,27,30)/t17-,18+/m0/s1. The summed E-state index contributed by atoms with van der Waals surface area (Å²) in [6.07, 6.45) is -4.98. The van der Waals surface area contributed by atoms with Crippen LogP contribution in [0.2, 0.25) is 0 Å². The number of benzene rings is 1. The van der Waals surface area contributed by atoms with Gasteiger partial charge in [-0.05, 0) is 58.0 Å². The highest BCUT2D eigenvalue weighted by atomic mass is 19.4. The van der Waals surface area contributed by atoms with Crippen LogP contribution in [0.3, 0.4) is 0 Å². The summed E-state index contributed by atoms with van der Waals surface area (Å²) in [4.78, 5) is 42.0. The fourth-order valence-corrected chi connectivity index (χ4v) is 3.28. The highest BCUT2D eigenvalue weighted by Crippen LogP contribution is 2.22. The molecule has 0 spiro atoms. The van der Waals surface area contributed by atoms with E-state index >= 15 is 0 Å². The monoisotopic (exact) mass is 469 g/mol. The number of hydrogen-bond acceptors (Lipinski definition) is 6. The SMILES string of the molecule is CC#CCOc1ccc(C(=O)N[C@@H]2CN(C(C)C)CC[C@@H]2C(=O)NOC(=O)C(F)(F)F)cc1. The molecule has 2 N–H and O–H groups in total. The number of ether oxygens (including phenoxy) is 1. The maximum absolute atomic E-state index is 12.8. The third kappa shape index (κ3) is 7.68. The molecule has 2 rings (SSSR count). The van der Waals surface area contributed by atoms with Gasteiger partial charge in [0.15, 0.2) is 0 Å². The molecule has 0 aromatic heterocycles. The maximum atomic E-state index is 12.8. The first-order valence-corrected chi connectivity index (χ1v) is 10.3. The molecule has 0 bridgehead atoms. The van der Waals surface area contributed by atoms with E-state index in [0.717, 1.165) is 0 Å². The Bertz CT molecular complexity index is 907. The molecule has 2 amide bonds. The van der Waals surface area contributed by atoms with E-state index in [2.05, 4.69) is 22.0 Å². The van der Waals surface area contributed by atoms with Crippen molar-refractivity contribution in [1.29, 1.82) is 0 Å². The number of rotatable bonds is 6. The molecule has 2 atom stereocenters. The van der Waals surface area contributed by atoms with Crippen molar-refractivity contribution >= 4 is 17.8 Å². The molecule has 180 valence electrons. The summed E-state index contributed by atoms with van der Waals surface area (Å²) in [6.45, 7) is 6.59. The van der Waals surface area contributed by atoms with Crippen molar-refractivity contribution < 1.29 is 37.1 Å². The smallest absolute Gasteiger partial charge is 0.481 e. The van der Waals surface area contributed by atoms with Crippen molar-refractivity contribution in [2.45, 2.75) is 45.5 Å². The number of alkyl halides is 3. The Morgan fingerprint density at radius 3 is 2.45 bits per heavy atom. The minimum atomic E-state index is -5.24. The van der Waals surface area contributed by atoms with Crippen molar-refractivity contribution in [3.63, 3.8) is 0 Å². The lowest BCUT2D eigenvalue weighted by molar-refractivity contribution is -0.208. The fraction of sp³-hybridized carbons (Fsp3) is 0.500. The lowest BCUT2D eigenvalue weighted by Gasteiger charge is -2.39. The Morgan fingerprint density at radius 2 is 1.88 bits per heavy atom. The highest BCUT2D eigenvalue weighted by molar-refractivity contribution is 5.95. The first-order chi connectivity index (χ1) is 15.5. The Kier molecular flexibility index (Phi) is 9.11. The number of halogens is 3. The third-order valence-corrected chi connectivity index (χ3v) is 5.11. The minimum Gasteiger partial charge on any atom is -0.481 e. The summed E-state index contributed by atoms with van der Waals surface area (Å²) in [5.74, 6) is 1.19. The molecular formula is C22H26F3N3O5. The summed E-state index contributed by atoms with van der Waals surface area (Å²) in [7, 11) is 0. The number of carbonyl (C=O) groups is 3. The van der Waals surface area contributed by atoms with Crippen LogP contribution in [-0.4, -0.2) is 60.6 Å². The topological polar surface area (TPSA) is 97.0 Å². The summed E-state index contributed by atoms with van der Waals surface area (Å²) >= 11 is 0. The molecule has 1 saturated heterocycles. The highest BCUT2D eigenvalue weighted by Gasteiger charge is 2.43. The molecule has 11 heteroatoms. The predicted octanol–water partition coefficient (Wildman–Crippen LogP) is 2.05. The van der Waals surface area contributed by atoms with Crippen LogP contribution < -0.4 is 15.5 Å². The van der Waals surface area contributed by atoms with Crippen molar-refractivity contribution in [3.8, 4) is 17.6 Å². The van der Waals surface area contributed by atoms with E-state index in [-0.39, 0.29) is 19.1 Å². The molecule has 8 nitrogen and oxygen atoms in total. The van der Waals surface area contributed by atoms with Crippen LogP contribution in [0, 0.1) is 17.8 Å². The average Bonchev–Trinajstić information content (AvgIpc) is 2.77. The molecule has 33 heavy (non-hydrogen) atoms. The number of nitrogens with zero attached hydrogens (tertiary/aromatic N) is 1. The predicted molar refractivity (Wildman–Crippen MR) is 112 cm³/mol. The van der Waals surface area contributed by atoms with Gasteiger partial charge in [0.2, 0.25) is 0 Å². The van der Waals surface area contributed by atoms with Crippen LogP contribution in [0.25, 0.3) is 0 Å². The van der Waals surface area contributed by atoms with E-state index in [1.54, 1.807) is 36.7 Å². The summed E-state index contributed by atoms with van der Waals surface area (Å²) in [6, 6.07) is 5.72. The van der Waals surface area contributed by atoms with E-state index in [1.165, 1.54) is 0 Å². The number of amides is 2. The van der Waals surface area contributed by atoms with E-state index in [4.69, 9.17) is 4.74 Å². The molecule has 0 saturated carbocycles. The molecule has 1 aliphatic rings. The van der Waals surface area contributed by atoms with E-state index < -0.39 is 35.9 Å². The quantitative estimate of drug-likeness (QED) is 0.489. The molecule has 0 aliphatic carbocycles. The van der Waals surface area contributed by atoms with Gasteiger partial charge in [0, 0.05) is 18.2 Å². The van der Waals surface area contributed by atoms with Gasteiger partial charge in [-0.25, -0.2) is 4.79 Å². The van der Waals surface area contributed by atoms with Gasteiger partial charge in [-0.15, -0.1) is 5.92 Å². The van der Waals surface area contributed by atoms with Gasteiger partial charge in [0.25, 0.3) is 11.8 Å². The number of carbonyl (C=O) groups excluding carboxylic acids is 3. The van der Waals surface area contributed by atoms with Crippen molar-refractivity contribution in [2.75, 3.05) is 19.7 Å². The zero-order chi connectivity index (χ0) is 24.6. The fourth-order valence-electron chi connectivity index (χ4n) is 3.28. The van der Waals surface area contributed by atoms with Crippen molar-refractivity contribution in [3.05, 3.63) is 29.8 Å². The first-order valence-electron chi connectivity index (χ1n) is 10.3. The second kappa shape index (κ2) is 11.6. The summed E-state index contributed by atoms with van der Waals surface area (Å²) in [5, 5.41) is 2.77. The molecule has 0 radical (unpaired) electrons. The van der Waals surface area contributed by atoms with Crippen molar-refractivity contribution in [1.82, 2.24) is 15.7 Å². The van der Waals surface area contributed by atoms with Gasteiger partial charge in [-0.3, -0.25) is 14.5 Å². The van der Waals surface area contributed by atoms with Crippen LogP contribution in [0.15, 0.2) is 24.3 Å². The zero-order valence-electron chi connectivity index (χ0n) is 18.5. The Morgan fingerprint density at radius 1 is 1.21 bits per heavy atom. The number of hydrogen-bond donors (Lipinski definition) is 2. The number of nitrogens with one attached hydrogen (secondary N) is 2. The molecule has 1 aromatic carbocycles. The second-order valence-electron chi connectivity index (χ2n) is 7.66. The largest absolute Gasteiger partial charge is 0.493 e. The summed E-state index contributed by atoms with van der Waals surface area (Å²) in [5.41, 5.74) is 1.88. The molecule has 0 unspecified atom stereocenters. The van der Waals surface area contributed by atoms with Crippen LogP contribution in [-0.2, 0) is 14.4 Å². The third-order valence-electron chi connectivity index (χ3n) is 5.11. The molecule has 1 aliphatic heterocycles. The lowest BCUT2D eigenvalue weighted by Crippen LogP contribution is -2.58. The second-order valence-corrected chi connectivity index (χ2v) is 7.66. The number of hydroxylamine groups is 1. The molecular weight excluding hydrogens is 443 g/mol. The maximum Gasteiger partial charge on any atom is 0.493 e. The molecule has 1 fully saturated rings. The van der Waals surface area contributed by atoms with Crippen LogP contribution in [0.4, 0.5) is 13.2 Å². The normalized spacial score (nSPS) is 18.6. The number of likely N-dealkylation sites (tertiary alicyclic amines) is 1. The van der Waals surface area contributed by atoms with Gasteiger partial charge in [0.05, 0.1) is 12.0 Å². The van der Waals surface area contributed by atoms with E-state index in [0.29, 0.717) is 24.4 Å². The average molecular weight is 469 g/mol. The van der Waals surface area contributed by atoms with Crippen LogP contribution >= 0.6 is 0 Å². The van der Waals surface area contributed by atoms with Crippen LogP contribution in [0.5, 0.6) is 5.75 Å². The van der Waals surface area contributed by atoms with Gasteiger partial charge < -0.3 is 14.9 Å². The molecule has 1 aromatic rings. The minimum absolute atomic E-state index is 0.124. The van der Waals surface area contributed by atoms with Gasteiger partial charge >= 0.3 is 12.1 Å². The first kappa shape index (κ1) is 26.0. The van der Waals surface area contributed by atoms with Crippen molar-refractivity contribution in [2.24, 2.45) is 5.92 Å². The van der Waals surface area contributed by atoms with E-state index in [1.807, 2.05) is 18.7 Å². The Hall–Kier alpha value is -3.26.